The van der Waals surface area contributed by atoms with Gasteiger partial charge < -0.3 is 16.4 Å². The Morgan fingerprint density at radius 2 is 1.59 bits per heavy atom. The molecule has 0 unspecified atom stereocenters. The first-order valence-electron chi connectivity index (χ1n) is 17.9. The third-order valence-electron chi connectivity index (χ3n) is 10.5. The van der Waals surface area contributed by atoms with E-state index < -0.39 is 5.92 Å². The molecular formula is C40H48N6O3. The Labute approximate surface area is 289 Å². The summed E-state index contributed by atoms with van der Waals surface area (Å²) in [5.41, 5.74) is 12.4. The molecule has 4 N–H and O–H groups in total. The van der Waals surface area contributed by atoms with E-state index in [1.165, 1.54) is 0 Å². The van der Waals surface area contributed by atoms with E-state index in [9.17, 15) is 14.4 Å². The molecule has 1 amide bonds. The molecule has 2 heterocycles. The molecule has 1 saturated carbocycles. The fourth-order valence-corrected chi connectivity index (χ4v) is 7.44. The first kappa shape index (κ1) is 34.5. The highest BCUT2D eigenvalue weighted by Gasteiger charge is 2.30. The maximum absolute atomic E-state index is 13.8. The number of nitrogens with two attached hydrogens (primary N) is 1. The van der Waals surface area contributed by atoms with Crippen molar-refractivity contribution < 1.29 is 14.4 Å². The molecule has 3 aromatic rings. The normalized spacial score (nSPS) is 20.1. The molecule has 256 valence electrons. The lowest BCUT2D eigenvalue weighted by Gasteiger charge is -2.27. The van der Waals surface area contributed by atoms with Crippen molar-refractivity contribution in [2.45, 2.75) is 64.7 Å². The molecule has 6 rings (SSSR count). The van der Waals surface area contributed by atoms with Crippen LogP contribution in [0.25, 0.3) is 11.1 Å². The lowest BCUT2D eigenvalue weighted by Crippen LogP contribution is -2.31. The zero-order chi connectivity index (χ0) is 34.2. The van der Waals surface area contributed by atoms with Crippen molar-refractivity contribution in [1.82, 2.24) is 5.32 Å². The number of carbonyl (C=O) groups excluding carboxylic acids is 3. The third-order valence-corrected chi connectivity index (χ3v) is 10.5. The van der Waals surface area contributed by atoms with E-state index in [-0.39, 0.29) is 29.8 Å². The number of nitrogens with zero attached hydrogens (tertiary/aromatic N) is 3. The number of nitrogens with one attached hydrogen (secondary N) is 2. The maximum Gasteiger partial charge on any atom is 0.228 e. The van der Waals surface area contributed by atoms with Gasteiger partial charge >= 0.3 is 0 Å². The highest BCUT2D eigenvalue weighted by Crippen LogP contribution is 2.32. The molecule has 1 atom stereocenters. The second-order valence-electron chi connectivity index (χ2n) is 14.0. The first-order chi connectivity index (χ1) is 23.9. The van der Waals surface area contributed by atoms with Gasteiger partial charge in [0.25, 0.3) is 0 Å². The van der Waals surface area contributed by atoms with Gasteiger partial charge in [-0.15, -0.1) is 5.11 Å². The summed E-state index contributed by atoms with van der Waals surface area (Å²) in [6.45, 7) is 5.03. The Morgan fingerprint density at radius 1 is 0.878 bits per heavy atom. The molecular weight excluding hydrogens is 612 g/mol. The molecule has 0 bridgehead atoms. The Balaban J connectivity index is 1.13. The van der Waals surface area contributed by atoms with Crippen LogP contribution in [0.5, 0.6) is 0 Å². The Bertz CT molecular complexity index is 1680. The van der Waals surface area contributed by atoms with Gasteiger partial charge in [0, 0.05) is 41.5 Å². The highest BCUT2D eigenvalue weighted by atomic mass is 16.2. The summed E-state index contributed by atoms with van der Waals surface area (Å²) in [6.07, 6.45) is 6.99. The van der Waals surface area contributed by atoms with Crippen molar-refractivity contribution in [1.29, 1.82) is 0 Å². The van der Waals surface area contributed by atoms with Crippen molar-refractivity contribution in [3.8, 4) is 11.1 Å². The first-order valence-corrected chi connectivity index (χ1v) is 17.9. The van der Waals surface area contributed by atoms with E-state index in [0.29, 0.717) is 49.4 Å². The molecule has 0 radical (unpaired) electrons. The number of hydrogen-bond acceptors (Lipinski definition) is 8. The predicted molar refractivity (Wildman–Crippen MR) is 194 cm³/mol. The van der Waals surface area contributed by atoms with Gasteiger partial charge in [-0.2, -0.15) is 5.11 Å². The topological polar surface area (TPSA) is 138 Å². The zero-order valence-electron chi connectivity index (χ0n) is 28.5. The summed E-state index contributed by atoms with van der Waals surface area (Å²) in [4.78, 5) is 44.6. The predicted octanol–water partition coefficient (Wildman–Crippen LogP) is 6.93. The molecule has 2 fully saturated rings. The average Bonchev–Trinajstić information content (AvgIpc) is 3.68. The number of aliphatic imine (C=N–C) groups is 1. The number of Topliss-reactive ketones (excluding diaryl/α,β-unsaturated/α-hetero) is 2. The largest absolute Gasteiger partial charge is 0.330 e. The van der Waals surface area contributed by atoms with Gasteiger partial charge in [0.2, 0.25) is 5.91 Å². The van der Waals surface area contributed by atoms with E-state index in [0.717, 1.165) is 85.0 Å². The summed E-state index contributed by atoms with van der Waals surface area (Å²) in [7, 11) is 0. The van der Waals surface area contributed by atoms with Crippen LogP contribution in [0.1, 0.15) is 78.4 Å². The van der Waals surface area contributed by atoms with Crippen LogP contribution in [0.2, 0.25) is 0 Å². The number of rotatable bonds is 13. The minimum Gasteiger partial charge on any atom is -0.330 e. The SMILES string of the molecule is Cc1cc(C(=O)CC2CCNCC2)ccc1-c1ccc(C[C@H](CC(=O)C2CCC(CN)CC2)C(=O)Nc2ccc(C3=NCN=N3)cc2)cc1. The van der Waals surface area contributed by atoms with Gasteiger partial charge in [-0.1, -0.05) is 36.4 Å². The molecule has 3 aliphatic rings. The number of aryl methyl sites for hydroxylation is 1. The number of benzene rings is 3. The van der Waals surface area contributed by atoms with Gasteiger partial charge in [0.15, 0.2) is 18.3 Å². The minimum absolute atomic E-state index is 0.0152. The molecule has 1 aliphatic carbocycles. The zero-order valence-corrected chi connectivity index (χ0v) is 28.5. The van der Waals surface area contributed by atoms with Gasteiger partial charge in [0.05, 0.1) is 0 Å². The van der Waals surface area contributed by atoms with Crippen LogP contribution >= 0.6 is 0 Å². The minimum atomic E-state index is -0.509. The molecule has 9 heteroatoms. The average molecular weight is 661 g/mol. The van der Waals surface area contributed by atoms with Gasteiger partial charge in [-0.05, 0) is 136 Å². The number of amidine groups is 1. The fraction of sp³-hybridized carbons (Fsp3) is 0.450. The van der Waals surface area contributed by atoms with Crippen molar-refractivity contribution in [3.05, 3.63) is 89.0 Å². The molecule has 9 nitrogen and oxygen atoms in total. The summed E-state index contributed by atoms with van der Waals surface area (Å²) >= 11 is 0. The van der Waals surface area contributed by atoms with Crippen molar-refractivity contribution in [2.24, 2.45) is 44.6 Å². The smallest absolute Gasteiger partial charge is 0.228 e. The summed E-state index contributed by atoms with van der Waals surface area (Å²) < 4.78 is 0. The Hall–Kier alpha value is -4.34. The van der Waals surface area contributed by atoms with Gasteiger partial charge in [0.1, 0.15) is 5.78 Å². The highest BCUT2D eigenvalue weighted by molar-refractivity contribution is 6.01. The second kappa shape index (κ2) is 16.4. The number of carbonyl (C=O) groups is 3. The Kier molecular flexibility index (Phi) is 11.5. The lowest BCUT2D eigenvalue weighted by molar-refractivity contribution is -0.129. The van der Waals surface area contributed by atoms with Crippen LogP contribution in [-0.2, 0) is 16.0 Å². The van der Waals surface area contributed by atoms with E-state index in [1.807, 2.05) is 54.6 Å². The summed E-state index contributed by atoms with van der Waals surface area (Å²) in [5.74, 6) is 1.22. The van der Waals surface area contributed by atoms with Crippen LogP contribution in [0, 0.1) is 30.6 Å². The second-order valence-corrected chi connectivity index (χ2v) is 14.0. The van der Waals surface area contributed by atoms with Crippen LogP contribution in [-0.4, -0.2) is 49.6 Å². The molecule has 0 spiro atoms. The molecule has 0 aromatic heterocycles. The Morgan fingerprint density at radius 3 is 2.24 bits per heavy atom. The van der Waals surface area contributed by atoms with Crippen LogP contribution in [0.15, 0.2) is 82.0 Å². The molecule has 49 heavy (non-hydrogen) atoms. The van der Waals surface area contributed by atoms with E-state index in [2.05, 4.69) is 44.9 Å². The quantitative estimate of drug-likeness (QED) is 0.171. The third kappa shape index (κ3) is 9.02. The molecule has 1 saturated heterocycles. The van der Waals surface area contributed by atoms with E-state index in [1.54, 1.807) is 0 Å². The fourth-order valence-electron chi connectivity index (χ4n) is 7.44. The molecule has 2 aliphatic heterocycles. The number of piperidine rings is 1. The van der Waals surface area contributed by atoms with E-state index >= 15 is 0 Å². The standard InChI is InChI=1S/C40H48N6O3/c1-26-20-33(37(47)22-28-16-18-42-19-17-28)12-15-36(26)30-6-2-27(3-7-30)21-34(23-38(48)31-8-4-29(24-41)5-9-31)40(49)45-35-13-10-32(11-14-35)39-43-25-44-46-39/h2-3,6-7,10-15,20,28-29,31,34,42H,4-5,8-9,16-19,21-25,41H2,1H3,(H,45,49)/t29?,31?,34-/m1/s1. The molecule has 3 aromatic carbocycles. The van der Waals surface area contributed by atoms with Crippen molar-refractivity contribution in [3.63, 3.8) is 0 Å². The van der Waals surface area contributed by atoms with Crippen LogP contribution in [0.4, 0.5) is 5.69 Å². The van der Waals surface area contributed by atoms with Crippen molar-refractivity contribution in [2.75, 3.05) is 31.6 Å². The van der Waals surface area contributed by atoms with Gasteiger partial charge in [-0.25, -0.2) is 4.99 Å². The number of amides is 1. The summed E-state index contributed by atoms with van der Waals surface area (Å²) in [5, 5.41) is 14.4. The maximum atomic E-state index is 13.8. The lowest BCUT2D eigenvalue weighted by atomic mass is 9.77. The number of anilines is 1. The number of ketones is 2. The number of hydrogen-bond donors (Lipinski definition) is 3. The van der Waals surface area contributed by atoms with E-state index in [4.69, 9.17) is 5.73 Å². The van der Waals surface area contributed by atoms with Gasteiger partial charge in [-0.3, -0.25) is 14.4 Å². The van der Waals surface area contributed by atoms with Crippen molar-refractivity contribution >= 4 is 29.0 Å². The van der Waals surface area contributed by atoms with Crippen LogP contribution < -0.4 is 16.4 Å². The number of azo groups is 1. The van der Waals surface area contributed by atoms with Crippen LogP contribution in [0.3, 0.4) is 0 Å². The monoisotopic (exact) mass is 660 g/mol. The summed E-state index contributed by atoms with van der Waals surface area (Å²) in [6, 6.07) is 21.6.